The Morgan fingerprint density at radius 3 is 2.74 bits per heavy atom. The van der Waals surface area contributed by atoms with Crippen LogP contribution in [-0.4, -0.2) is 38.4 Å². The Bertz CT molecular complexity index is 888. The summed E-state index contributed by atoms with van der Waals surface area (Å²) < 4.78 is 2.24. The van der Waals surface area contributed by atoms with Gasteiger partial charge in [-0.15, -0.1) is 21.5 Å². The Labute approximate surface area is 167 Å². The number of benzene rings is 1. The van der Waals surface area contributed by atoms with Crippen molar-refractivity contribution in [3.63, 3.8) is 0 Å². The van der Waals surface area contributed by atoms with Crippen molar-refractivity contribution in [3.8, 4) is 0 Å². The number of hydrogen-bond donors (Lipinski definition) is 0. The third kappa shape index (κ3) is 4.59. The van der Waals surface area contributed by atoms with Crippen LogP contribution in [0.1, 0.15) is 35.1 Å². The highest BCUT2D eigenvalue weighted by atomic mass is 32.2. The summed E-state index contributed by atoms with van der Waals surface area (Å²) in [7, 11) is 1.85. The fourth-order valence-electron chi connectivity index (χ4n) is 2.98. The SMILES string of the molecule is CN(Cc1ccccc1)C(=O)CSc1nnc(Cc2cccs2)n1C1CC1. The van der Waals surface area contributed by atoms with Gasteiger partial charge in [-0.1, -0.05) is 48.2 Å². The molecule has 0 bridgehead atoms. The maximum atomic E-state index is 12.5. The zero-order chi connectivity index (χ0) is 18.6. The van der Waals surface area contributed by atoms with E-state index in [1.807, 2.05) is 37.4 Å². The molecule has 0 N–H and O–H groups in total. The smallest absolute Gasteiger partial charge is 0.233 e. The lowest BCUT2D eigenvalue weighted by Gasteiger charge is -2.17. The van der Waals surface area contributed by atoms with E-state index in [0.717, 1.165) is 23.0 Å². The summed E-state index contributed by atoms with van der Waals surface area (Å²) in [6.07, 6.45) is 3.15. The number of amides is 1. The van der Waals surface area contributed by atoms with Crippen molar-refractivity contribution in [1.29, 1.82) is 0 Å². The van der Waals surface area contributed by atoms with Crippen LogP contribution in [0.2, 0.25) is 0 Å². The number of thiophene rings is 1. The molecule has 1 amide bonds. The van der Waals surface area contributed by atoms with Crippen molar-refractivity contribution in [2.75, 3.05) is 12.8 Å². The second-order valence-corrected chi connectivity index (χ2v) is 8.75. The average molecular weight is 399 g/mol. The molecule has 3 aromatic rings. The minimum atomic E-state index is 0.106. The van der Waals surface area contributed by atoms with Crippen LogP contribution in [-0.2, 0) is 17.8 Å². The van der Waals surface area contributed by atoms with Crippen LogP contribution in [0.4, 0.5) is 0 Å². The number of thioether (sulfide) groups is 1. The number of aromatic nitrogens is 3. The van der Waals surface area contributed by atoms with Crippen molar-refractivity contribution < 1.29 is 4.79 Å². The number of nitrogens with zero attached hydrogens (tertiary/aromatic N) is 4. The van der Waals surface area contributed by atoms with Gasteiger partial charge in [-0.05, 0) is 29.9 Å². The molecule has 0 saturated heterocycles. The number of rotatable bonds is 8. The summed E-state index contributed by atoms with van der Waals surface area (Å²) >= 11 is 3.24. The quantitative estimate of drug-likeness (QED) is 0.538. The van der Waals surface area contributed by atoms with Gasteiger partial charge in [0.1, 0.15) is 5.82 Å². The summed E-state index contributed by atoms with van der Waals surface area (Å²) in [6.45, 7) is 0.624. The van der Waals surface area contributed by atoms with Gasteiger partial charge in [0.05, 0.1) is 5.75 Å². The lowest BCUT2D eigenvalue weighted by atomic mass is 10.2. The molecule has 1 aliphatic rings. The molecular weight excluding hydrogens is 376 g/mol. The predicted octanol–water partition coefficient (Wildman–Crippen LogP) is 4.02. The first-order valence-corrected chi connectivity index (χ1v) is 10.9. The van der Waals surface area contributed by atoms with Gasteiger partial charge in [0.2, 0.25) is 5.91 Å². The predicted molar refractivity (Wildman–Crippen MR) is 109 cm³/mol. The first kappa shape index (κ1) is 18.3. The number of carbonyl (C=O) groups excluding carboxylic acids is 1. The van der Waals surface area contributed by atoms with E-state index in [4.69, 9.17) is 0 Å². The second kappa shape index (κ2) is 8.27. The molecule has 2 heterocycles. The Balaban J connectivity index is 1.39. The highest BCUT2D eigenvalue weighted by Crippen LogP contribution is 2.39. The van der Waals surface area contributed by atoms with Crippen molar-refractivity contribution in [2.24, 2.45) is 0 Å². The van der Waals surface area contributed by atoms with Crippen LogP contribution >= 0.6 is 23.1 Å². The Hall–Kier alpha value is -2.12. The molecule has 2 aromatic heterocycles. The molecule has 0 unspecified atom stereocenters. The Morgan fingerprint density at radius 2 is 2.04 bits per heavy atom. The minimum Gasteiger partial charge on any atom is -0.341 e. The van der Waals surface area contributed by atoms with Crippen molar-refractivity contribution in [1.82, 2.24) is 19.7 Å². The highest BCUT2D eigenvalue weighted by molar-refractivity contribution is 7.99. The zero-order valence-electron chi connectivity index (χ0n) is 15.2. The molecule has 0 radical (unpaired) electrons. The zero-order valence-corrected chi connectivity index (χ0v) is 16.9. The second-order valence-electron chi connectivity index (χ2n) is 6.78. The topological polar surface area (TPSA) is 51.0 Å². The van der Waals surface area contributed by atoms with Gasteiger partial charge in [0.15, 0.2) is 5.16 Å². The van der Waals surface area contributed by atoms with Gasteiger partial charge in [-0.3, -0.25) is 4.79 Å². The lowest BCUT2D eigenvalue weighted by Crippen LogP contribution is -2.27. The summed E-state index contributed by atoms with van der Waals surface area (Å²) in [4.78, 5) is 15.6. The first-order chi connectivity index (χ1) is 13.2. The van der Waals surface area contributed by atoms with E-state index in [1.165, 1.54) is 29.5 Å². The van der Waals surface area contributed by atoms with Gasteiger partial charge in [0.25, 0.3) is 0 Å². The van der Waals surface area contributed by atoms with E-state index in [1.54, 1.807) is 16.2 Å². The number of carbonyl (C=O) groups is 1. The fourth-order valence-corrected chi connectivity index (χ4v) is 4.64. The molecule has 1 aliphatic carbocycles. The summed E-state index contributed by atoms with van der Waals surface area (Å²) in [5, 5.41) is 11.8. The molecule has 1 aromatic carbocycles. The molecule has 140 valence electrons. The van der Waals surface area contributed by atoms with Gasteiger partial charge in [-0.25, -0.2) is 0 Å². The first-order valence-electron chi connectivity index (χ1n) is 9.07. The largest absolute Gasteiger partial charge is 0.341 e. The molecule has 27 heavy (non-hydrogen) atoms. The molecule has 4 rings (SSSR count). The van der Waals surface area contributed by atoms with Crippen molar-refractivity contribution in [2.45, 2.75) is 37.0 Å². The fraction of sp³-hybridized carbons (Fsp3) is 0.350. The van der Waals surface area contributed by atoms with E-state index in [2.05, 4.69) is 32.3 Å². The third-order valence-electron chi connectivity index (χ3n) is 4.57. The Morgan fingerprint density at radius 1 is 1.22 bits per heavy atom. The molecule has 1 saturated carbocycles. The monoisotopic (exact) mass is 398 g/mol. The van der Waals surface area contributed by atoms with E-state index < -0.39 is 0 Å². The van der Waals surface area contributed by atoms with Gasteiger partial charge >= 0.3 is 0 Å². The van der Waals surface area contributed by atoms with E-state index in [9.17, 15) is 4.79 Å². The molecule has 0 aliphatic heterocycles. The van der Waals surface area contributed by atoms with Crippen LogP contribution in [0.15, 0.2) is 53.0 Å². The summed E-state index contributed by atoms with van der Waals surface area (Å²) in [5.74, 6) is 1.49. The third-order valence-corrected chi connectivity index (χ3v) is 6.38. The molecule has 7 heteroatoms. The van der Waals surface area contributed by atoms with Crippen LogP contribution in [0, 0.1) is 0 Å². The van der Waals surface area contributed by atoms with Crippen molar-refractivity contribution in [3.05, 3.63) is 64.1 Å². The van der Waals surface area contributed by atoms with Crippen LogP contribution in [0.5, 0.6) is 0 Å². The minimum absolute atomic E-state index is 0.106. The van der Waals surface area contributed by atoms with E-state index in [-0.39, 0.29) is 5.91 Å². The van der Waals surface area contributed by atoms with Crippen LogP contribution in [0.3, 0.4) is 0 Å². The lowest BCUT2D eigenvalue weighted by molar-refractivity contribution is -0.127. The van der Waals surface area contributed by atoms with Gasteiger partial charge in [-0.2, -0.15) is 0 Å². The standard InChI is InChI=1S/C20H22N4OS2/c1-23(13-15-6-3-2-4-7-15)19(25)14-27-20-22-21-18(24(20)16-9-10-16)12-17-8-5-11-26-17/h2-8,11,16H,9-10,12-14H2,1H3. The molecular formula is C20H22N4OS2. The maximum Gasteiger partial charge on any atom is 0.233 e. The highest BCUT2D eigenvalue weighted by Gasteiger charge is 2.30. The molecule has 0 atom stereocenters. The molecule has 0 spiro atoms. The molecule has 5 nitrogen and oxygen atoms in total. The van der Waals surface area contributed by atoms with Crippen LogP contribution in [0.25, 0.3) is 0 Å². The maximum absolute atomic E-state index is 12.5. The van der Waals surface area contributed by atoms with Crippen LogP contribution < -0.4 is 0 Å². The summed E-state index contributed by atoms with van der Waals surface area (Å²) in [6, 6.07) is 14.7. The van der Waals surface area contributed by atoms with E-state index in [0.29, 0.717) is 18.3 Å². The normalized spacial score (nSPS) is 13.7. The molecule has 1 fully saturated rings. The van der Waals surface area contributed by atoms with Crippen molar-refractivity contribution >= 4 is 29.0 Å². The summed E-state index contributed by atoms with van der Waals surface area (Å²) in [5.41, 5.74) is 1.14. The average Bonchev–Trinajstić information content (AvgIpc) is 3.23. The van der Waals surface area contributed by atoms with E-state index >= 15 is 0 Å². The van der Waals surface area contributed by atoms with Gasteiger partial charge in [0, 0.05) is 30.9 Å². The Kier molecular flexibility index (Phi) is 5.59. The number of hydrogen-bond acceptors (Lipinski definition) is 5. The van der Waals surface area contributed by atoms with Gasteiger partial charge < -0.3 is 9.47 Å².